The van der Waals surface area contributed by atoms with Gasteiger partial charge in [0, 0.05) is 23.0 Å². The van der Waals surface area contributed by atoms with E-state index < -0.39 is 11.9 Å². The molecule has 4 rings (SSSR count). The molecule has 0 saturated heterocycles. The molecule has 0 aliphatic carbocycles. The molecule has 1 aliphatic heterocycles. The molecular formula is C21H17N3O4. The number of carbonyl (C=O) groups is 2. The fourth-order valence-corrected chi connectivity index (χ4v) is 2.81. The summed E-state index contributed by atoms with van der Waals surface area (Å²) in [5.41, 5.74) is 2.51. The molecule has 2 heterocycles. The van der Waals surface area contributed by atoms with Crippen LogP contribution in [0.3, 0.4) is 0 Å². The van der Waals surface area contributed by atoms with Gasteiger partial charge >= 0.3 is 6.03 Å². The molecule has 3 amide bonds. The Morgan fingerprint density at radius 1 is 0.893 bits per heavy atom. The molecule has 140 valence electrons. The topological polar surface area (TPSA) is 89.6 Å². The molecule has 2 N–H and O–H groups in total. The van der Waals surface area contributed by atoms with Gasteiger partial charge in [0.25, 0.3) is 5.91 Å². The highest BCUT2D eigenvalue weighted by Crippen LogP contribution is 2.30. The van der Waals surface area contributed by atoms with Gasteiger partial charge in [-0.15, -0.1) is 0 Å². The molecule has 3 aromatic rings. The standard InChI is InChI=1S/C21H17N3O4/c25-20(15-7-8-18-19(13-15)28-11-10-27-18)24-21(26)23-16-5-3-4-14(12-16)17-6-1-2-9-22-17/h1-9,12-13H,10-11H2,(H2,23,24,25,26). The third kappa shape index (κ3) is 3.93. The van der Waals surface area contributed by atoms with E-state index in [-0.39, 0.29) is 0 Å². The average Bonchev–Trinajstić information content (AvgIpc) is 2.74. The number of carbonyl (C=O) groups excluding carboxylic acids is 2. The predicted octanol–water partition coefficient (Wildman–Crippen LogP) is 3.48. The summed E-state index contributed by atoms with van der Waals surface area (Å²) in [5, 5.41) is 4.97. The highest BCUT2D eigenvalue weighted by atomic mass is 16.6. The van der Waals surface area contributed by atoms with Crippen LogP contribution in [0.1, 0.15) is 10.4 Å². The van der Waals surface area contributed by atoms with Crippen LogP contribution in [0.4, 0.5) is 10.5 Å². The number of imide groups is 1. The SMILES string of the molecule is O=C(NC(=O)c1ccc2c(c1)OCCO2)Nc1cccc(-c2ccccn2)c1. The van der Waals surface area contributed by atoms with E-state index in [2.05, 4.69) is 15.6 Å². The zero-order valence-corrected chi connectivity index (χ0v) is 14.8. The lowest BCUT2D eigenvalue weighted by atomic mass is 10.1. The van der Waals surface area contributed by atoms with E-state index in [1.165, 1.54) is 0 Å². The lowest BCUT2D eigenvalue weighted by Gasteiger charge is -2.18. The maximum atomic E-state index is 12.3. The number of fused-ring (bicyclic) bond motifs is 1. The van der Waals surface area contributed by atoms with Crippen molar-refractivity contribution in [3.8, 4) is 22.8 Å². The summed E-state index contributed by atoms with van der Waals surface area (Å²) in [5.74, 6) is 0.538. The summed E-state index contributed by atoms with van der Waals surface area (Å²) in [6.45, 7) is 0.893. The van der Waals surface area contributed by atoms with Crippen LogP contribution in [0.25, 0.3) is 11.3 Å². The molecule has 0 unspecified atom stereocenters. The van der Waals surface area contributed by atoms with Crippen LogP contribution in [0, 0.1) is 0 Å². The second kappa shape index (κ2) is 7.79. The quantitative estimate of drug-likeness (QED) is 0.732. The Bertz CT molecular complexity index is 1020. The fraction of sp³-hybridized carbons (Fsp3) is 0.0952. The van der Waals surface area contributed by atoms with E-state index in [1.807, 2.05) is 30.3 Å². The van der Waals surface area contributed by atoms with Crippen molar-refractivity contribution in [1.82, 2.24) is 10.3 Å². The number of ether oxygens (including phenoxy) is 2. The monoisotopic (exact) mass is 375 g/mol. The van der Waals surface area contributed by atoms with E-state index >= 15 is 0 Å². The number of anilines is 1. The maximum absolute atomic E-state index is 12.3. The average molecular weight is 375 g/mol. The van der Waals surface area contributed by atoms with Crippen molar-refractivity contribution >= 4 is 17.6 Å². The Morgan fingerprint density at radius 3 is 2.57 bits per heavy atom. The van der Waals surface area contributed by atoms with Crippen molar-refractivity contribution in [2.24, 2.45) is 0 Å². The largest absolute Gasteiger partial charge is 0.486 e. The molecule has 0 saturated carbocycles. The molecule has 7 heteroatoms. The Morgan fingerprint density at radius 2 is 1.75 bits per heavy atom. The first-order valence-corrected chi connectivity index (χ1v) is 8.72. The van der Waals surface area contributed by atoms with Gasteiger partial charge in [-0.05, 0) is 42.5 Å². The summed E-state index contributed by atoms with van der Waals surface area (Å²) >= 11 is 0. The first-order valence-electron chi connectivity index (χ1n) is 8.72. The third-order valence-electron chi connectivity index (χ3n) is 4.11. The molecular weight excluding hydrogens is 358 g/mol. The fourth-order valence-electron chi connectivity index (χ4n) is 2.81. The van der Waals surface area contributed by atoms with E-state index in [4.69, 9.17) is 9.47 Å². The number of urea groups is 1. The van der Waals surface area contributed by atoms with Crippen molar-refractivity contribution in [1.29, 1.82) is 0 Å². The second-order valence-corrected chi connectivity index (χ2v) is 6.06. The minimum atomic E-state index is -0.627. The lowest BCUT2D eigenvalue weighted by Crippen LogP contribution is -2.34. The van der Waals surface area contributed by atoms with Crippen molar-refractivity contribution in [2.75, 3.05) is 18.5 Å². The van der Waals surface area contributed by atoms with Gasteiger partial charge in [-0.1, -0.05) is 18.2 Å². The third-order valence-corrected chi connectivity index (χ3v) is 4.11. The zero-order chi connectivity index (χ0) is 19.3. The first kappa shape index (κ1) is 17.5. The van der Waals surface area contributed by atoms with Crippen molar-refractivity contribution in [3.05, 3.63) is 72.4 Å². The van der Waals surface area contributed by atoms with E-state index in [0.717, 1.165) is 11.3 Å². The van der Waals surface area contributed by atoms with Gasteiger partial charge in [-0.2, -0.15) is 0 Å². The summed E-state index contributed by atoms with van der Waals surface area (Å²) in [6.07, 6.45) is 1.70. The molecule has 0 spiro atoms. The van der Waals surface area contributed by atoms with Crippen LogP contribution in [0.5, 0.6) is 11.5 Å². The normalized spacial score (nSPS) is 12.1. The first-order chi connectivity index (χ1) is 13.7. The number of aromatic nitrogens is 1. The van der Waals surface area contributed by atoms with Gasteiger partial charge in [-0.3, -0.25) is 15.1 Å². The van der Waals surface area contributed by atoms with Gasteiger partial charge in [-0.25, -0.2) is 4.79 Å². The Labute approximate surface area is 161 Å². The Hall–Kier alpha value is -3.87. The van der Waals surface area contributed by atoms with E-state index in [0.29, 0.717) is 36.0 Å². The number of nitrogens with zero attached hydrogens (tertiary/aromatic N) is 1. The van der Waals surface area contributed by atoms with E-state index in [1.54, 1.807) is 36.5 Å². The molecule has 0 bridgehead atoms. The molecule has 2 aromatic carbocycles. The van der Waals surface area contributed by atoms with Crippen molar-refractivity contribution in [3.63, 3.8) is 0 Å². The smallest absolute Gasteiger partial charge is 0.326 e. The van der Waals surface area contributed by atoms with Gasteiger partial charge in [0.1, 0.15) is 13.2 Å². The number of benzene rings is 2. The van der Waals surface area contributed by atoms with Crippen LogP contribution in [0.2, 0.25) is 0 Å². The number of pyridine rings is 1. The summed E-state index contributed by atoms with van der Waals surface area (Å²) in [7, 11) is 0. The van der Waals surface area contributed by atoms with Crippen LogP contribution < -0.4 is 20.1 Å². The van der Waals surface area contributed by atoms with Gasteiger partial charge in [0.15, 0.2) is 11.5 Å². The zero-order valence-electron chi connectivity index (χ0n) is 14.8. The van der Waals surface area contributed by atoms with E-state index in [9.17, 15) is 9.59 Å². The minimum Gasteiger partial charge on any atom is -0.486 e. The molecule has 1 aromatic heterocycles. The molecule has 1 aliphatic rings. The van der Waals surface area contributed by atoms with Gasteiger partial charge in [0.05, 0.1) is 5.69 Å². The number of hydrogen-bond acceptors (Lipinski definition) is 5. The Kier molecular flexibility index (Phi) is 4.88. The minimum absolute atomic E-state index is 0.307. The summed E-state index contributed by atoms with van der Waals surface area (Å²) in [6, 6.07) is 17.0. The number of amides is 3. The van der Waals surface area contributed by atoms with Crippen LogP contribution >= 0.6 is 0 Å². The second-order valence-electron chi connectivity index (χ2n) is 6.06. The van der Waals surface area contributed by atoms with Crippen LogP contribution in [-0.2, 0) is 0 Å². The van der Waals surface area contributed by atoms with Crippen molar-refractivity contribution in [2.45, 2.75) is 0 Å². The summed E-state index contributed by atoms with van der Waals surface area (Å²) < 4.78 is 10.9. The number of nitrogens with one attached hydrogen (secondary N) is 2. The number of hydrogen-bond donors (Lipinski definition) is 2. The molecule has 0 atom stereocenters. The van der Waals surface area contributed by atoms with Crippen molar-refractivity contribution < 1.29 is 19.1 Å². The van der Waals surface area contributed by atoms with Gasteiger partial charge in [0.2, 0.25) is 0 Å². The maximum Gasteiger partial charge on any atom is 0.326 e. The highest BCUT2D eigenvalue weighted by Gasteiger charge is 2.16. The van der Waals surface area contributed by atoms with Crippen LogP contribution in [-0.4, -0.2) is 30.1 Å². The lowest BCUT2D eigenvalue weighted by molar-refractivity contribution is 0.0966. The van der Waals surface area contributed by atoms with Crippen LogP contribution in [0.15, 0.2) is 66.9 Å². The molecule has 7 nitrogen and oxygen atoms in total. The predicted molar refractivity (Wildman–Crippen MR) is 104 cm³/mol. The highest BCUT2D eigenvalue weighted by molar-refractivity contribution is 6.08. The number of rotatable bonds is 3. The molecule has 28 heavy (non-hydrogen) atoms. The van der Waals surface area contributed by atoms with Gasteiger partial charge < -0.3 is 14.8 Å². The summed E-state index contributed by atoms with van der Waals surface area (Å²) in [4.78, 5) is 28.8. The molecule has 0 radical (unpaired) electrons. The molecule has 0 fully saturated rings. The Balaban J connectivity index is 1.42.